The van der Waals surface area contributed by atoms with Crippen LogP contribution in [0.15, 0.2) is 42.6 Å². The molecule has 1 heterocycles. The summed E-state index contributed by atoms with van der Waals surface area (Å²) in [6.07, 6.45) is 2.78. The number of anilines is 1. The zero-order valence-electron chi connectivity index (χ0n) is 11.0. The first-order chi connectivity index (χ1) is 9.95. The number of nitrogens with one attached hydrogen (secondary N) is 1. The molecule has 1 aromatic carbocycles. The van der Waals surface area contributed by atoms with Crippen LogP contribution in [0.5, 0.6) is 0 Å². The van der Waals surface area contributed by atoms with Gasteiger partial charge >= 0.3 is 5.97 Å². The average Bonchev–Trinajstić information content (AvgIpc) is 2.90. The van der Waals surface area contributed by atoms with Crippen molar-refractivity contribution in [2.75, 3.05) is 5.73 Å². The molecule has 5 N–H and O–H groups in total. The molecule has 21 heavy (non-hydrogen) atoms. The molecule has 0 atom stereocenters. The van der Waals surface area contributed by atoms with Crippen LogP contribution >= 0.6 is 0 Å². The standard InChI is InChI=1S/C15H14N2O4/c16-11-3-1-9(2-4-11)5-12-6-10(8-17-12)13(18)7-14(19)15(20)21/h1-4,6-8,17-18H,5,16H2,(H,20,21). The molecule has 0 saturated heterocycles. The summed E-state index contributed by atoms with van der Waals surface area (Å²) in [6, 6.07) is 9.01. The Kier molecular flexibility index (Phi) is 4.08. The third kappa shape index (κ3) is 3.73. The van der Waals surface area contributed by atoms with Gasteiger partial charge in [-0.1, -0.05) is 12.1 Å². The Balaban J connectivity index is 2.12. The van der Waals surface area contributed by atoms with E-state index in [2.05, 4.69) is 4.98 Å². The van der Waals surface area contributed by atoms with Crippen LogP contribution in [0.1, 0.15) is 16.8 Å². The van der Waals surface area contributed by atoms with Gasteiger partial charge in [0.2, 0.25) is 0 Å². The van der Waals surface area contributed by atoms with Gasteiger partial charge in [-0.2, -0.15) is 0 Å². The number of aromatic amines is 1. The molecular formula is C15H14N2O4. The Morgan fingerprint density at radius 1 is 1.19 bits per heavy atom. The number of benzene rings is 1. The van der Waals surface area contributed by atoms with Gasteiger partial charge in [0.25, 0.3) is 5.78 Å². The summed E-state index contributed by atoms with van der Waals surface area (Å²) >= 11 is 0. The van der Waals surface area contributed by atoms with E-state index in [4.69, 9.17) is 10.8 Å². The first-order valence-electron chi connectivity index (χ1n) is 6.15. The summed E-state index contributed by atoms with van der Waals surface area (Å²) in [7, 11) is 0. The maximum Gasteiger partial charge on any atom is 0.376 e. The summed E-state index contributed by atoms with van der Waals surface area (Å²) in [6.45, 7) is 0. The van der Waals surface area contributed by atoms with E-state index in [1.807, 2.05) is 12.1 Å². The number of rotatable bonds is 5. The van der Waals surface area contributed by atoms with Gasteiger partial charge in [0.05, 0.1) is 0 Å². The molecule has 0 fully saturated rings. The molecule has 6 nitrogen and oxygen atoms in total. The number of aliphatic hydroxyl groups is 1. The van der Waals surface area contributed by atoms with Crippen molar-refractivity contribution in [3.05, 3.63) is 59.4 Å². The summed E-state index contributed by atoms with van der Waals surface area (Å²) in [5, 5.41) is 18.2. The van der Waals surface area contributed by atoms with Crippen molar-refractivity contribution in [3.63, 3.8) is 0 Å². The average molecular weight is 286 g/mol. The van der Waals surface area contributed by atoms with Crippen molar-refractivity contribution >= 4 is 23.2 Å². The molecule has 0 bridgehead atoms. The zero-order valence-corrected chi connectivity index (χ0v) is 11.0. The molecule has 108 valence electrons. The number of carboxylic acid groups (broad SMARTS) is 1. The van der Waals surface area contributed by atoms with Gasteiger partial charge in [0.1, 0.15) is 5.76 Å². The molecule has 0 aliphatic carbocycles. The second kappa shape index (κ2) is 5.96. The van der Waals surface area contributed by atoms with E-state index in [1.165, 1.54) is 6.20 Å². The van der Waals surface area contributed by atoms with E-state index in [0.717, 1.165) is 11.3 Å². The van der Waals surface area contributed by atoms with Gasteiger partial charge in [0, 0.05) is 35.6 Å². The van der Waals surface area contributed by atoms with Gasteiger partial charge in [-0.25, -0.2) is 4.79 Å². The highest BCUT2D eigenvalue weighted by Gasteiger charge is 2.11. The second-order valence-corrected chi connectivity index (χ2v) is 4.53. The van der Waals surface area contributed by atoms with Crippen molar-refractivity contribution in [1.29, 1.82) is 0 Å². The monoisotopic (exact) mass is 286 g/mol. The Hall–Kier alpha value is -3.02. The van der Waals surface area contributed by atoms with E-state index in [1.54, 1.807) is 18.2 Å². The number of hydrogen-bond acceptors (Lipinski definition) is 4. The summed E-state index contributed by atoms with van der Waals surface area (Å²) in [5.41, 5.74) is 8.49. The number of nitrogens with two attached hydrogens (primary N) is 1. The maximum atomic E-state index is 11.0. The number of ketones is 1. The van der Waals surface area contributed by atoms with Crippen molar-refractivity contribution < 1.29 is 19.8 Å². The molecule has 1 aromatic heterocycles. The molecule has 0 radical (unpaired) electrons. The van der Waals surface area contributed by atoms with Gasteiger partial charge in [-0.3, -0.25) is 4.79 Å². The number of aliphatic carboxylic acids is 1. The Morgan fingerprint density at radius 2 is 1.86 bits per heavy atom. The van der Waals surface area contributed by atoms with Crippen LogP contribution in [0, 0.1) is 0 Å². The first kappa shape index (κ1) is 14.4. The number of nitrogen functional groups attached to an aromatic ring is 1. The molecule has 0 aliphatic rings. The zero-order chi connectivity index (χ0) is 15.4. The predicted octanol–water partition coefficient (Wildman–Crippen LogP) is 1.74. The summed E-state index contributed by atoms with van der Waals surface area (Å²) in [5.74, 6) is -3.17. The fourth-order valence-corrected chi connectivity index (χ4v) is 1.82. The summed E-state index contributed by atoms with van der Waals surface area (Å²) < 4.78 is 0. The third-order valence-electron chi connectivity index (χ3n) is 2.89. The Morgan fingerprint density at radius 3 is 2.48 bits per heavy atom. The van der Waals surface area contributed by atoms with Gasteiger partial charge < -0.3 is 20.9 Å². The maximum absolute atomic E-state index is 11.0. The van der Waals surface area contributed by atoms with Gasteiger partial charge in [-0.15, -0.1) is 0 Å². The molecule has 0 unspecified atom stereocenters. The molecule has 0 amide bonds. The van der Waals surface area contributed by atoms with Crippen molar-refractivity contribution in [1.82, 2.24) is 4.98 Å². The number of aliphatic hydroxyl groups excluding tert-OH is 1. The van der Waals surface area contributed by atoms with Crippen molar-refractivity contribution in [2.45, 2.75) is 6.42 Å². The molecule has 0 saturated carbocycles. The quantitative estimate of drug-likeness (QED) is 0.289. The van der Waals surface area contributed by atoms with Crippen molar-refractivity contribution in [2.24, 2.45) is 0 Å². The lowest BCUT2D eigenvalue weighted by Gasteiger charge is -1.99. The van der Waals surface area contributed by atoms with Crippen LogP contribution in [-0.4, -0.2) is 26.9 Å². The van der Waals surface area contributed by atoms with Crippen LogP contribution in [0.4, 0.5) is 5.69 Å². The van der Waals surface area contributed by atoms with Crippen LogP contribution in [-0.2, 0) is 16.0 Å². The molecular weight excluding hydrogens is 272 g/mol. The number of H-pyrrole nitrogens is 1. The van der Waals surface area contributed by atoms with Crippen LogP contribution in [0.2, 0.25) is 0 Å². The van der Waals surface area contributed by atoms with E-state index >= 15 is 0 Å². The van der Waals surface area contributed by atoms with E-state index in [9.17, 15) is 14.7 Å². The van der Waals surface area contributed by atoms with Crippen LogP contribution in [0.3, 0.4) is 0 Å². The van der Waals surface area contributed by atoms with Crippen molar-refractivity contribution in [3.8, 4) is 0 Å². The van der Waals surface area contributed by atoms with Crippen LogP contribution in [0.25, 0.3) is 5.76 Å². The lowest BCUT2D eigenvalue weighted by atomic mass is 10.1. The SMILES string of the molecule is Nc1ccc(Cc2cc(C(O)=CC(=O)C(=O)O)c[nH]2)cc1. The highest BCUT2D eigenvalue weighted by molar-refractivity contribution is 6.38. The Labute approximate surface area is 120 Å². The lowest BCUT2D eigenvalue weighted by Crippen LogP contribution is -2.09. The van der Waals surface area contributed by atoms with Crippen LogP contribution < -0.4 is 5.73 Å². The minimum Gasteiger partial charge on any atom is -0.507 e. The molecule has 6 heteroatoms. The third-order valence-corrected chi connectivity index (χ3v) is 2.89. The normalized spacial score (nSPS) is 11.3. The first-order valence-corrected chi connectivity index (χ1v) is 6.15. The molecule has 0 spiro atoms. The molecule has 2 rings (SSSR count). The Bertz CT molecular complexity index is 699. The predicted molar refractivity (Wildman–Crippen MR) is 77.7 cm³/mol. The molecule has 0 aliphatic heterocycles. The summed E-state index contributed by atoms with van der Waals surface area (Å²) in [4.78, 5) is 24.4. The smallest absolute Gasteiger partial charge is 0.376 e. The highest BCUT2D eigenvalue weighted by atomic mass is 16.4. The van der Waals surface area contributed by atoms with E-state index < -0.39 is 11.8 Å². The second-order valence-electron chi connectivity index (χ2n) is 4.53. The lowest BCUT2D eigenvalue weighted by molar-refractivity contribution is -0.146. The minimum atomic E-state index is -1.61. The number of carboxylic acids is 1. The fourth-order valence-electron chi connectivity index (χ4n) is 1.82. The minimum absolute atomic E-state index is 0.357. The number of hydrogen-bond donors (Lipinski definition) is 4. The molecule has 2 aromatic rings. The van der Waals surface area contributed by atoms with E-state index in [0.29, 0.717) is 23.7 Å². The van der Waals surface area contributed by atoms with E-state index in [-0.39, 0.29) is 5.76 Å². The number of aromatic nitrogens is 1. The highest BCUT2D eigenvalue weighted by Crippen LogP contribution is 2.16. The van der Waals surface area contributed by atoms with Gasteiger partial charge in [0.15, 0.2) is 0 Å². The van der Waals surface area contributed by atoms with Gasteiger partial charge in [-0.05, 0) is 23.8 Å². The largest absolute Gasteiger partial charge is 0.507 e. The topological polar surface area (TPSA) is 116 Å². The number of carbonyl (C=O) groups is 2. The fraction of sp³-hybridized carbons (Fsp3) is 0.0667. The number of carbonyl (C=O) groups excluding carboxylic acids is 1.